The lowest BCUT2D eigenvalue weighted by atomic mass is 9.72. The molecule has 1 aliphatic rings. The van der Waals surface area contributed by atoms with Crippen molar-refractivity contribution in [2.24, 2.45) is 5.92 Å². The van der Waals surface area contributed by atoms with Crippen molar-refractivity contribution in [3.63, 3.8) is 0 Å². The van der Waals surface area contributed by atoms with Gasteiger partial charge in [-0.05, 0) is 53.9 Å². The lowest BCUT2D eigenvalue weighted by molar-refractivity contribution is 0.175. The van der Waals surface area contributed by atoms with Gasteiger partial charge < -0.3 is 14.8 Å². The third-order valence-electron chi connectivity index (χ3n) is 6.13. The van der Waals surface area contributed by atoms with Crippen LogP contribution < -0.4 is 0 Å². The highest BCUT2D eigenvalue weighted by Gasteiger charge is 2.26. The Kier molecular flexibility index (Phi) is 6.16. The number of benzene rings is 2. The maximum absolute atomic E-state index is 9.85. The molecule has 156 valence electrons. The zero-order valence-corrected chi connectivity index (χ0v) is 17.6. The van der Waals surface area contributed by atoms with E-state index in [1.165, 1.54) is 29.5 Å². The van der Waals surface area contributed by atoms with Gasteiger partial charge in [-0.3, -0.25) is 0 Å². The van der Waals surface area contributed by atoms with Crippen LogP contribution in [0.5, 0.6) is 0 Å². The molecule has 4 rings (SSSR count). The number of nitrogens with zero attached hydrogens (tertiary/aromatic N) is 2. The van der Waals surface area contributed by atoms with E-state index in [0.717, 1.165) is 17.4 Å². The summed E-state index contributed by atoms with van der Waals surface area (Å²) in [5.41, 5.74) is 4.96. The van der Waals surface area contributed by atoms with Crippen LogP contribution in [0.2, 0.25) is 0 Å². The van der Waals surface area contributed by atoms with E-state index in [2.05, 4.69) is 60.4 Å². The smallest absolute Gasteiger partial charge is 0.137 e. The van der Waals surface area contributed by atoms with Gasteiger partial charge in [0.05, 0.1) is 12.6 Å². The standard InChI is InChI=1S/C26H30N2O2/c1-18-15-24(16-18)23-10-8-22(9-11-23)21-6-3-20(4-7-21)5-12-25(17-29)28-14-13-27-26(28)19(2)30/h3-14,18-19,24-25,29-30H,15-17H2,1-2H3/b12-5+/t18?,19-,24?,25?/m0/s1. The van der Waals surface area contributed by atoms with Crippen molar-refractivity contribution in [2.75, 3.05) is 6.61 Å². The minimum atomic E-state index is -0.680. The number of aliphatic hydroxyl groups excluding tert-OH is 2. The van der Waals surface area contributed by atoms with Crippen molar-refractivity contribution < 1.29 is 10.2 Å². The highest BCUT2D eigenvalue weighted by molar-refractivity contribution is 5.66. The largest absolute Gasteiger partial charge is 0.394 e. The van der Waals surface area contributed by atoms with E-state index in [0.29, 0.717) is 5.82 Å². The lowest BCUT2D eigenvalue weighted by Crippen LogP contribution is -2.18. The summed E-state index contributed by atoms with van der Waals surface area (Å²) >= 11 is 0. The first kappa shape index (κ1) is 20.6. The molecule has 0 amide bonds. The zero-order valence-electron chi connectivity index (χ0n) is 17.6. The van der Waals surface area contributed by atoms with Crippen molar-refractivity contribution >= 4 is 6.08 Å². The van der Waals surface area contributed by atoms with Crippen LogP contribution in [0.4, 0.5) is 0 Å². The molecule has 30 heavy (non-hydrogen) atoms. The van der Waals surface area contributed by atoms with Gasteiger partial charge in [-0.25, -0.2) is 4.98 Å². The third-order valence-corrected chi connectivity index (χ3v) is 6.13. The van der Waals surface area contributed by atoms with E-state index in [-0.39, 0.29) is 12.6 Å². The Bertz CT molecular complexity index is 981. The minimum Gasteiger partial charge on any atom is -0.394 e. The van der Waals surface area contributed by atoms with E-state index >= 15 is 0 Å². The van der Waals surface area contributed by atoms with Gasteiger partial charge in [0.15, 0.2) is 0 Å². The summed E-state index contributed by atoms with van der Waals surface area (Å²) in [5, 5.41) is 19.6. The van der Waals surface area contributed by atoms with Crippen molar-refractivity contribution in [2.45, 2.75) is 44.8 Å². The maximum atomic E-state index is 9.85. The Labute approximate surface area is 178 Å². The van der Waals surface area contributed by atoms with Gasteiger partial charge in [-0.1, -0.05) is 67.6 Å². The molecular formula is C26H30N2O2. The normalized spacial score (nSPS) is 20.8. The number of hydrogen-bond acceptors (Lipinski definition) is 3. The first-order valence-corrected chi connectivity index (χ1v) is 10.8. The SMILES string of the molecule is CC1CC(c2ccc(-c3ccc(/C=C/C(CO)n4ccnc4[C@H](C)O)cc3)cc2)C1. The molecule has 4 nitrogen and oxygen atoms in total. The van der Waals surface area contributed by atoms with Crippen LogP contribution in [0.3, 0.4) is 0 Å². The summed E-state index contributed by atoms with van der Waals surface area (Å²) in [4.78, 5) is 4.18. The summed E-state index contributed by atoms with van der Waals surface area (Å²) < 4.78 is 1.81. The molecule has 1 unspecified atom stereocenters. The molecule has 2 aromatic carbocycles. The molecule has 3 aromatic rings. The molecule has 1 fully saturated rings. The number of aromatic nitrogens is 2. The van der Waals surface area contributed by atoms with E-state index in [1.807, 2.05) is 12.2 Å². The summed E-state index contributed by atoms with van der Waals surface area (Å²) in [6, 6.07) is 17.2. The van der Waals surface area contributed by atoms with Gasteiger partial charge in [-0.15, -0.1) is 0 Å². The molecule has 2 N–H and O–H groups in total. The molecule has 0 radical (unpaired) electrons. The van der Waals surface area contributed by atoms with Crippen molar-refractivity contribution in [1.29, 1.82) is 0 Å². The molecule has 1 aromatic heterocycles. The Balaban J connectivity index is 1.44. The quantitative estimate of drug-likeness (QED) is 0.559. The second-order valence-electron chi connectivity index (χ2n) is 8.50. The number of imidazole rings is 1. The maximum Gasteiger partial charge on any atom is 0.137 e. The average Bonchev–Trinajstić information content (AvgIpc) is 3.23. The minimum absolute atomic E-state index is 0.0587. The van der Waals surface area contributed by atoms with Crippen molar-refractivity contribution in [1.82, 2.24) is 9.55 Å². The Morgan fingerprint density at radius 3 is 2.27 bits per heavy atom. The second kappa shape index (κ2) is 8.99. The first-order valence-electron chi connectivity index (χ1n) is 10.8. The highest BCUT2D eigenvalue weighted by atomic mass is 16.3. The van der Waals surface area contributed by atoms with Crippen LogP contribution in [0.15, 0.2) is 67.0 Å². The highest BCUT2D eigenvalue weighted by Crippen LogP contribution is 2.41. The molecule has 4 heteroatoms. The lowest BCUT2D eigenvalue weighted by Gasteiger charge is -2.33. The number of aliphatic hydroxyl groups is 2. The monoisotopic (exact) mass is 402 g/mol. The molecule has 0 saturated heterocycles. The van der Waals surface area contributed by atoms with Gasteiger partial charge in [0.1, 0.15) is 11.9 Å². The van der Waals surface area contributed by atoms with E-state index in [1.54, 1.807) is 23.9 Å². The average molecular weight is 403 g/mol. The molecule has 0 aliphatic heterocycles. The summed E-state index contributed by atoms with van der Waals surface area (Å²) in [7, 11) is 0. The van der Waals surface area contributed by atoms with Gasteiger partial charge in [0.2, 0.25) is 0 Å². The topological polar surface area (TPSA) is 58.3 Å². The van der Waals surface area contributed by atoms with Crippen LogP contribution in [0, 0.1) is 5.92 Å². The Hall–Kier alpha value is -2.69. The van der Waals surface area contributed by atoms with E-state index in [4.69, 9.17) is 0 Å². The zero-order chi connectivity index (χ0) is 21.1. The van der Waals surface area contributed by atoms with Crippen LogP contribution in [0.25, 0.3) is 17.2 Å². The van der Waals surface area contributed by atoms with E-state index in [9.17, 15) is 10.2 Å². The van der Waals surface area contributed by atoms with Gasteiger partial charge in [0, 0.05) is 12.4 Å². The molecule has 1 heterocycles. The van der Waals surface area contributed by atoms with Crippen LogP contribution in [-0.2, 0) is 0 Å². The first-order chi connectivity index (χ1) is 14.5. The molecule has 0 spiro atoms. The molecule has 1 aliphatic carbocycles. The Morgan fingerprint density at radius 2 is 1.70 bits per heavy atom. The fourth-order valence-electron chi connectivity index (χ4n) is 4.30. The van der Waals surface area contributed by atoms with Gasteiger partial charge in [-0.2, -0.15) is 0 Å². The molecule has 1 saturated carbocycles. The van der Waals surface area contributed by atoms with E-state index < -0.39 is 6.10 Å². The fourth-order valence-corrected chi connectivity index (χ4v) is 4.30. The Morgan fingerprint density at radius 1 is 1.07 bits per heavy atom. The van der Waals surface area contributed by atoms with Gasteiger partial charge >= 0.3 is 0 Å². The van der Waals surface area contributed by atoms with Crippen LogP contribution in [-0.4, -0.2) is 26.4 Å². The summed E-state index contributed by atoms with van der Waals surface area (Å²) in [6.07, 6.45) is 9.31. The second-order valence-corrected chi connectivity index (χ2v) is 8.50. The predicted molar refractivity (Wildman–Crippen MR) is 121 cm³/mol. The fraction of sp³-hybridized carbons (Fsp3) is 0.346. The predicted octanol–water partition coefficient (Wildman–Crippen LogP) is 5.36. The molecule has 0 bridgehead atoms. The van der Waals surface area contributed by atoms with Crippen molar-refractivity contribution in [3.8, 4) is 11.1 Å². The molecule has 2 atom stereocenters. The number of rotatable bonds is 7. The molecular weight excluding hydrogens is 372 g/mol. The summed E-state index contributed by atoms with van der Waals surface area (Å²) in [6.45, 7) is 3.94. The summed E-state index contributed by atoms with van der Waals surface area (Å²) in [5.74, 6) is 2.16. The van der Waals surface area contributed by atoms with Crippen LogP contribution >= 0.6 is 0 Å². The van der Waals surface area contributed by atoms with Crippen molar-refractivity contribution in [3.05, 3.63) is 84.0 Å². The van der Waals surface area contributed by atoms with Gasteiger partial charge in [0.25, 0.3) is 0 Å². The number of hydrogen-bond donors (Lipinski definition) is 2. The third kappa shape index (κ3) is 4.40. The van der Waals surface area contributed by atoms with Crippen LogP contribution in [0.1, 0.15) is 61.7 Å².